The standard InChI is InChI=1S/C18H20N2OS/c1-3-20(4-2)18(22)19-17(21)13-12-15-10-7-9-14-8-5-6-11-16(14)15/h5-13H,3-4H2,1-2H3,(H,19,21,22). The fourth-order valence-electron chi connectivity index (χ4n) is 2.30. The van der Waals surface area contributed by atoms with E-state index in [-0.39, 0.29) is 5.91 Å². The number of hydrogen-bond donors (Lipinski definition) is 1. The summed E-state index contributed by atoms with van der Waals surface area (Å²) in [5.74, 6) is -0.204. The monoisotopic (exact) mass is 312 g/mol. The maximum Gasteiger partial charge on any atom is 0.250 e. The molecule has 0 unspecified atom stereocenters. The highest BCUT2D eigenvalue weighted by Gasteiger charge is 2.07. The summed E-state index contributed by atoms with van der Waals surface area (Å²) in [4.78, 5) is 13.9. The third-order valence-electron chi connectivity index (χ3n) is 3.52. The molecular weight excluding hydrogens is 292 g/mol. The van der Waals surface area contributed by atoms with Crippen LogP contribution in [0.15, 0.2) is 48.5 Å². The van der Waals surface area contributed by atoms with Crippen molar-refractivity contribution in [3.8, 4) is 0 Å². The number of nitrogens with zero attached hydrogens (tertiary/aromatic N) is 1. The Hall–Kier alpha value is -2.20. The highest BCUT2D eigenvalue weighted by atomic mass is 32.1. The maximum atomic E-state index is 12.0. The molecule has 0 aliphatic heterocycles. The first kappa shape index (κ1) is 16.2. The first-order valence-electron chi connectivity index (χ1n) is 7.41. The van der Waals surface area contributed by atoms with E-state index in [1.807, 2.05) is 55.2 Å². The largest absolute Gasteiger partial charge is 0.350 e. The van der Waals surface area contributed by atoms with Gasteiger partial charge in [-0.15, -0.1) is 0 Å². The van der Waals surface area contributed by atoms with E-state index in [0.717, 1.165) is 29.4 Å². The molecule has 0 saturated heterocycles. The van der Waals surface area contributed by atoms with Crippen LogP contribution >= 0.6 is 12.2 Å². The van der Waals surface area contributed by atoms with Gasteiger partial charge in [0.15, 0.2) is 5.11 Å². The normalized spacial score (nSPS) is 10.8. The van der Waals surface area contributed by atoms with Gasteiger partial charge in [0.2, 0.25) is 5.91 Å². The summed E-state index contributed by atoms with van der Waals surface area (Å²) in [6.45, 7) is 5.58. The van der Waals surface area contributed by atoms with Crippen molar-refractivity contribution in [2.24, 2.45) is 0 Å². The predicted octanol–water partition coefficient (Wildman–Crippen LogP) is 3.60. The van der Waals surface area contributed by atoms with E-state index >= 15 is 0 Å². The average molecular weight is 312 g/mol. The maximum absolute atomic E-state index is 12.0. The Balaban J connectivity index is 2.10. The van der Waals surface area contributed by atoms with Crippen LogP contribution in [-0.4, -0.2) is 29.0 Å². The molecule has 0 spiro atoms. The Bertz CT molecular complexity index is 700. The molecule has 2 aromatic carbocycles. The van der Waals surface area contributed by atoms with Gasteiger partial charge in [-0.25, -0.2) is 0 Å². The molecule has 0 radical (unpaired) electrons. The van der Waals surface area contributed by atoms with Crippen molar-refractivity contribution in [1.82, 2.24) is 10.2 Å². The van der Waals surface area contributed by atoms with Gasteiger partial charge in [-0.3, -0.25) is 10.1 Å². The molecule has 0 aliphatic carbocycles. The zero-order valence-corrected chi connectivity index (χ0v) is 13.7. The Morgan fingerprint density at radius 2 is 1.82 bits per heavy atom. The molecule has 0 fully saturated rings. The zero-order valence-electron chi connectivity index (χ0n) is 12.9. The minimum absolute atomic E-state index is 0.204. The number of amides is 1. The van der Waals surface area contributed by atoms with E-state index in [4.69, 9.17) is 12.2 Å². The second-order valence-corrected chi connectivity index (χ2v) is 5.26. The van der Waals surface area contributed by atoms with E-state index in [2.05, 4.69) is 17.4 Å². The molecule has 1 amide bonds. The number of carbonyl (C=O) groups excluding carboxylic acids is 1. The molecule has 114 valence electrons. The van der Waals surface area contributed by atoms with E-state index in [9.17, 15) is 4.79 Å². The molecule has 22 heavy (non-hydrogen) atoms. The smallest absolute Gasteiger partial charge is 0.250 e. The van der Waals surface area contributed by atoms with Crippen LogP contribution in [0.5, 0.6) is 0 Å². The summed E-state index contributed by atoms with van der Waals surface area (Å²) in [6, 6.07) is 14.1. The van der Waals surface area contributed by atoms with Gasteiger partial charge in [-0.2, -0.15) is 0 Å². The molecule has 0 atom stereocenters. The molecule has 2 aromatic rings. The summed E-state index contributed by atoms with van der Waals surface area (Å²) in [5, 5.41) is 5.48. The van der Waals surface area contributed by atoms with Crippen LogP contribution in [0.2, 0.25) is 0 Å². The van der Waals surface area contributed by atoms with Gasteiger partial charge in [-0.1, -0.05) is 42.5 Å². The van der Waals surface area contributed by atoms with Gasteiger partial charge >= 0.3 is 0 Å². The van der Waals surface area contributed by atoms with Crippen LogP contribution in [-0.2, 0) is 4.79 Å². The fourth-order valence-corrected chi connectivity index (χ4v) is 2.66. The molecule has 1 N–H and O–H groups in total. The third-order valence-corrected chi connectivity index (χ3v) is 3.88. The number of rotatable bonds is 4. The minimum atomic E-state index is -0.204. The van der Waals surface area contributed by atoms with Crippen LogP contribution in [0.25, 0.3) is 16.8 Å². The van der Waals surface area contributed by atoms with Crippen molar-refractivity contribution < 1.29 is 4.79 Å². The van der Waals surface area contributed by atoms with Crippen LogP contribution in [0.3, 0.4) is 0 Å². The van der Waals surface area contributed by atoms with Crippen molar-refractivity contribution in [3.63, 3.8) is 0 Å². The number of hydrogen-bond acceptors (Lipinski definition) is 2. The molecule has 4 heteroatoms. The number of nitrogens with one attached hydrogen (secondary N) is 1. The number of thiocarbonyl (C=S) groups is 1. The first-order chi connectivity index (χ1) is 10.7. The quantitative estimate of drug-likeness (QED) is 0.691. The summed E-state index contributed by atoms with van der Waals surface area (Å²) < 4.78 is 0. The summed E-state index contributed by atoms with van der Waals surface area (Å²) >= 11 is 5.22. The lowest BCUT2D eigenvalue weighted by Gasteiger charge is -2.21. The van der Waals surface area contributed by atoms with Crippen molar-refractivity contribution in [2.75, 3.05) is 13.1 Å². The van der Waals surface area contributed by atoms with Crippen molar-refractivity contribution >= 4 is 40.1 Å². The van der Waals surface area contributed by atoms with Crippen LogP contribution in [0, 0.1) is 0 Å². The first-order valence-corrected chi connectivity index (χ1v) is 7.82. The molecule has 3 nitrogen and oxygen atoms in total. The highest BCUT2D eigenvalue weighted by Crippen LogP contribution is 2.19. The number of fused-ring (bicyclic) bond motifs is 1. The molecule has 0 aliphatic rings. The summed E-state index contributed by atoms with van der Waals surface area (Å²) in [5.41, 5.74) is 1.02. The third kappa shape index (κ3) is 3.92. The minimum Gasteiger partial charge on any atom is -0.350 e. The lowest BCUT2D eigenvalue weighted by atomic mass is 10.0. The average Bonchev–Trinajstić information content (AvgIpc) is 2.54. The van der Waals surface area contributed by atoms with Crippen molar-refractivity contribution in [2.45, 2.75) is 13.8 Å². The lowest BCUT2D eigenvalue weighted by molar-refractivity contribution is -0.115. The second kappa shape index (κ2) is 7.71. The van der Waals surface area contributed by atoms with Crippen LogP contribution in [0.4, 0.5) is 0 Å². The molecule has 0 aromatic heterocycles. The molecule has 0 bridgehead atoms. The Morgan fingerprint density at radius 3 is 2.55 bits per heavy atom. The van der Waals surface area contributed by atoms with Gasteiger partial charge in [0.25, 0.3) is 0 Å². The van der Waals surface area contributed by atoms with Crippen LogP contribution in [0.1, 0.15) is 19.4 Å². The fraction of sp³-hybridized carbons (Fsp3) is 0.222. The summed E-state index contributed by atoms with van der Waals surface area (Å²) in [6.07, 6.45) is 3.35. The zero-order chi connectivity index (χ0) is 15.9. The Morgan fingerprint density at radius 1 is 1.14 bits per heavy atom. The molecule has 0 saturated carbocycles. The van der Waals surface area contributed by atoms with E-state index in [1.54, 1.807) is 0 Å². The second-order valence-electron chi connectivity index (χ2n) is 4.87. The van der Waals surface area contributed by atoms with E-state index < -0.39 is 0 Å². The van der Waals surface area contributed by atoms with Gasteiger partial charge in [0.1, 0.15) is 0 Å². The SMILES string of the molecule is CCN(CC)C(=S)NC(=O)C=Cc1cccc2ccccc12. The predicted molar refractivity (Wildman–Crippen MR) is 96.6 cm³/mol. The molecular formula is C18H20N2OS. The lowest BCUT2D eigenvalue weighted by Crippen LogP contribution is -2.41. The van der Waals surface area contributed by atoms with Gasteiger partial charge in [0, 0.05) is 19.2 Å². The molecule has 0 heterocycles. The van der Waals surface area contributed by atoms with E-state index in [1.165, 1.54) is 6.08 Å². The van der Waals surface area contributed by atoms with Gasteiger partial charge in [-0.05, 0) is 48.5 Å². The molecule has 2 rings (SSSR count). The van der Waals surface area contributed by atoms with Gasteiger partial charge in [0.05, 0.1) is 0 Å². The highest BCUT2D eigenvalue weighted by molar-refractivity contribution is 7.80. The number of carbonyl (C=O) groups is 1. The van der Waals surface area contributed by atoms with Crippen LogP contribution < -0.4 is 5.32 Å². The number of benzene rings is 2. The van der Waals surface area contributed by atoms with Gasteiger partial charge < -0.3 is 4.90 Å². The topological polar surface area (TPSA) is 32.3 Å². The van der Waals surface area contributed by atoms with Crippen molar-refractivity contribution in [3.05, 3.63) is 54.1 Å². The Labute approximate surface area is 136 Å². The Kier molecular flexibility index (Phi) is 5.67. The van der Waals surface area contributed by atoms with E-state index in [0.29, 0.717) is 5.11 Å². The summed E-state index contributed by atoms with van der Waals surface area (Å²) in [7, 11) is 0. The van der Waals surface area contributed by atoms with Crippen molar-refractivity contribution in [1.29, 1.82) is 0 Å².